The number of rotatable bonds is 8. The van der Waals surface area contributed by atoms with E-state index in [1.807, 2.05) is 7.11 Å². The number of ether oxygens (including phenoxy) is 4. The van der Waals surface area contributed by atoms with E-state index in [2.05, 4.69) is 57.2 Å². The summed E-state index contributed by atoms with van der Waals surface area (Å²) in [7, 11) is 3.70. The highest BCUT2D eigenvalue weighted by atomic mass is 79.9. The van der Waals surface area contributed by atoms with Gasteiger partial charge in [-0.1, -0.05) is 34.1 Å². The Morgan fingerprint density at radius 2 is 2.00 bits per heavy atom. The summed E-state index contributed by atoms with van der Waals surface area (Å²) >= 11 is 3.60. The third-order valence-corrected chi connectivity index (χ3v) is 12.0. The van der Waals surface area contributed by atoms with Crippen molar-refractivity contribution < 1.29 is 18.9 Å². The van der Waals surface area contributed by atoms with Crippen LogP contribution in [0.15, 0.2) is 40.9 Å². The van der Waals surface area contributed by atoms with Crippen LogP contribution in [0.25, 0.3) is 0 Å². The number of nitrogens with zero attached hydrogens (tertiary/aromatic N) is 1. The first-order valence-corrected chi connectivity index (χ1v) is 15.3. The number of hydrogen-bond acceptors (Lipinski definition) is 5. The summed E-state index contributed by atoms with van der Waals surface area (Å²) in [6, 6.07) is 13.5. The lowest BCUT2D eigenvalue weighted by Gasteiger charge is -2.74. The Kier molecular flexibility index (Phi) is 5.39. The highest BCUT2D eigenvalue weighted by molar-refractivity contribution is 9.10. The second-order valence-electron chi connectivity index (χ2n) is 12.9. The van der Waals surface area contributed by atoms with E-state index in [-0.39, 0.29) is 22.5 Å². The molecule has 0 radical (unpaired) electrons. The van der Waals surface area contributed by atoms with Crippen molar-refractivity contribution in [2.75, 3.05) is 33.9 Å². The standard InChI is InChI=1S/C32H38BrNO4/c1-35-25-9-8-22-15-26-30-10-11-32(36-2,23(16-30)19-37-18-21-4-3-5-24(33)14-21)29-31(30,27(22)28(25)38-29)12-13-34(26)17-20-6-7-20/h3-5,8-9,14,20,23,26,29H,6-7,10-13,15-19H2,1-2H3/t23-,26-,29?,30-,31+,32-/m1/s1. The monoisotopic (exact) mass is 579 g/mol. The zero-order valence-corrected chi connectivity index (χ0v) is 24.1. The molecule has 202 valence electrons. The van der Waals surface area contributed by atoms with Gasteiger partial charge in [-0.15, -0.1) is 0 Å². The summed E-state index contributed by atoms with van der Waals surface area (Å²) in [6.07, 6.45) is 8.52. The van der Waals surface area contributed by atoms with Gasteiger partial charge in [0.2, 0.25) is 0 Å². The lowest BCUT2D eigenvalue weighted by molar-refractivity contribution is -0.283. The Labute approximate surface area is 234 Å². The third-order valence-electron chi connectivity index (χ3n) is 11.5. The molecule has 0 amide bonds. The van der Waals surface area contributed by atoms with E-state index in [9.17, 15) is 0 Å². The summed E-state index contributed by atoms with van der Waals surface area (Å²) in [5.74, 6) is 3.09. The molecule has 5 nitrogen and oxygen atoms in total. The molecule has 6 heteroatoms. The van der Waals surface area contributed by atoms with E-state index in [1.165, 1.54) is 49.0 Å². The number of likely N-dealkylation sites (tertiary alicyclic amines) is 1. The molecular weight excluding hydrogens is 542 g/mol. The molecule has 2 heterocycles. The predicted molar refractivity (Wildman–Crippen MR) is 149 cm³/mol. The first kappa shape index (κ1) is 24.2. The highest BCUT2D eigenvalue weighted by Crippen LogP contribution is 2.76. The van der Waals surface area contributed by atoms with Gasteiger partial charge in [0.15, 0.2) is 11.5 Å². The van der Waals surface area contributed by atoms with Gasteiger partial charge >= 0.3 is 0 Å². The summed E-state index contributed by atoms with van der Waals surface area (Å²) in [4.78, 5) is 2.90. The van der Waals surface area contributed by atoms with E-state index >= 15 is 0 Å². The number of benzene rings is 2. The van der Waals surface area contributed by atoms with Crippen molar-refractivity contribution in [3.8, 4) is 11.5 Å². The van der Waals surface area contributed by atoms with E-state index in [0.29, 0.717) is 25.2 Å². The summed E-state index contributed by atoms with van der Waals surface area (Å²) < 4.78 is 27.3. The van der Waals surface area contributed by atoms with E-state index in [1.54, 1.807) is 7.11 Å². The fourth-order valence-electron chi connectivity index (χ4n) is 9.84. The van der Waals surface area contributed by atoms with Gasteiger partial charge in [0.1, 0.15) is 11.7 Å². The fourth-order valence-corrected chi connectivity index (χ4v) is 10.3. The molecule has 0 N–H and O–H groups in total. The minimum Gasteiger partial charge on any atom is -0.493 e. The zero-order valence-electron chi connectivity index (χ0n) is 22.5. The number of hydrogen-bond donors (Lipinski definition) is 0. The van der Waals surface area contributed by atoms with Crippen molar-refractivity contribution in [2.45, 2.75) is 74.7 Å². The van der Waals surface area contributed by atoms with Crippen LogP contribution >= 0.6 is 15.9 Å². The second-order valence-corrected chi connectivity index (χ2v) is 13.8. The zero-order chi connectivity index (χ0) is 25.7. The molecule has 2 aromatic rings. The summed E-state index contributed by atoms with van der Waals surface area (Å²) in [5, 5.41) is 0. The molecule has 2 spiro atoms. The van der Waals surface area contributed by atoms with Crippen LogP contribution in [0.5, 0.6) is 11.5 Å². The first-order chi connectivity index (χ1) is 18.5. The summed E-state index contributed by atoms with van der Waals surface area (Å²) in [6.45, 7) is 3.76. The van der Waals surface area contributed by atoms with Gasteiger partial charge in [0.05, 0.1) is 20.3 Å². The van der Waals surface area contributed by atoms with E-state index in [0.717, 1.165) is 47.6 Å². The Bertz CT molecular complexity index is 1280. The first-order valence-electron chi connectivity index (χ1n) is 14.5. The average Bonchev–Trinajstić information content (AvgIpc) is 3.67. The maximum Gasteiger partial charge on any atom is 0.165 e. The predicted octanol–water partition coefficient (Wildman–Crippen LogP) is 5.90. The Morgan fingerprint density at radius 1 is 1.11 bits per heavy atom. The van der Waals surface area contributed by atoms with E-state index in [4.69, 9.17) is 18.9 Å². The number of piperidine rings is 1. The minimum atomic E-state index is -0.346. The van der Waals surface area contributed by atoms with Crippen LogP contribution in [-0.2, 0) is 27.9 Å². The minimum absolute atomic E-state index is 0.00419. The van der Waals surface area contributed by atoms with Crippen molar-refractivity contribution in [2.24, 2.45) is 17.3 Å². The van der Waals surface area contributed by atoms with Gasteiger partial charge in [0.25, 0.3) is 0 Å². The third kappa shape index (κ3) is 3.04. The van der Waals surface area contributed by atoms with E-state index < -0.39 is 0 Å². The van der Waals surface area contributed by atoms with Gasteiger partial charge in [-0.05, 0) is 86.7 Å². The van der Waals surface area contributed by atoms with Crippen LogP contribution in [0.4, 0.5) is 0 Å². The van der Waals surface area contributed by atoms with Crippen LogP contribution in [0.3, 0.4) is 0 Å². The molecule has 38 heavy (non-hydrogen) atoms. The molecule has 4 bridgehead atoms. The number of methoxy groups -OCH3 is 2. The SMILES string of the molecule is COc1ccc2c3c1OC1[C@@]4(OC)CC[C@@]5(C[C@@H]4COCc4cccc(Br)c4)[C@@H](C2)N(CC2CC2)CC[C@]315. The maximum atomic E-state index is 7.13. The molecule has 7 aliphatic rings. The van der Waals surface area contributed by atoms with Crippen molar-refractivity contribution in [3.63, 3.8) is 0 Å². The lowest BCUT2D eigenvalue weighted by Crippen LogP contribution is -2.81. The molecule has 9 rings (SSSR count). The maximum absolute atomic E-state index is 7.13. The van der Waals surface area contributed by atoms with Gasteiger partial charge in [-0.2, -0.15) is 0 Å². The number of halogens is 1. The van der Waals surface area contributed by atoms with Crippen molar-refractivity contribution in [1.82, 2.24) is 4.90 Å². The molecule has 1 unspecified atom stereocenters. The second kappa shape index (κ2) is 8.45. The van der Waals surface area contributed by atoms with Crippen LogP contribution in [0.1, 0.15) is 55.2 Å². The molecule has 1 saturated heterocycles. The number of fused-ring (bicyclic) bond motifs is 2. The molecule has 2 aromatic carbocycles. The normalized spacial score (nSPS) is 38.1. The van der Waals surface area contributed by atoms with Crippen LogP contribution in [0, 0.1) is 17.3 Å². The Hall–Kier alpha value is -1.60. The quantitative estimate of drug-likeness (QED) is 0.389. The lowest BCUT2D eigenvalue weighted by atomic mass is 9.35. The van der Waals surface area contributed by atoms with Crippen LogP contribution in [-0.4, -0.2) is 56.6 Å². The summed E-state index contributed by atoms with van der Waals surface area (Å²) in [5.41, 5.74) is 4.01. The molecule has 5 fully saturated rings. The average molecular weight is 581 g/mol. The van der Waals surface area contributed by atoms with Gasteiger partial charge in [0, 0.05) is 46.5 Å². The Morgan fingerprint density at radius 3 is 2.79 bits per heavy atom. The van der Waals surface area contributed by atoms with Crippen LogP contribution in [0.2, 0.25) is 0 Å². The van der Waals surface area contributed by atoms with Gasteiger partial charge < -0.3 is 18.9 Å². The van der Waals surface area contributed by atoms with Crippen molar-refractivity contribution in [1.29, 1.82) is 0 Å². The van der Waals surface area contributed by atoms with Gasteiger partial charge in [-0.3, -0.25) is 4.90 Å². The topological polar surface area (TPSA) is 40.2 Å². The molecule has 0 aromatic heterocycles. The smallest absolute Gasteiger partial charge is 0.165 e. The van der Waals surface area contributed by atoms with Crippen molar-refractivity contribution in [3.05, 3.63) is 57.6 Å². The highest BCUT2D eigenvalue weighted by Gasteiger charge is 2.80. The fraction of sp³-hybridized carbons (Fsp3) is 0.625. The molecule has 2 aliphatic heterocycles. The van der Waals surface area contributed by atoms with Crippen LogP contribution < -0.4 is 9.47 Å². The van der Waals surface area contributed by atoms with Crippen molar-refractivity contribution >= 4 is 15.9 Å². The molecule has 5 aliphatic carbocycles. The Balaban J connectivity index is 1.21. The molecular formula is C32H38BrNO4. The molecule has 6 atom stereocenters. The molecule has 4 saturated carbocycles. The van der Waals surface area contributed by atoms with Gasteiger partial charge in [-0.25, -0.2) is 0 Å². The largest absolute Gasteiger partial charge is 0.493 e.